The van der Waals surface area contributed by atoms with Crippen molar-refractivity contribution in [2.24, 2.45) is 0 Å². The number of carbonyl (C=O) groups is 2. The number of hydrogen-bond donors (Lipinski definition) is 4. The molecule has 174 valence electrons. The third kappa shape index (κ3) is 6.08. The lowest BCUT2D eigenvalue weighted by atomic mass is 10.0. The zero-order chi connectivity index (χ0) is 23.9. The van der Waals surface area contributed by atoms with Crippen molar-refractivity contribution in [1.29, 1.82) is 0 Å². The van der Waals surface area contributed by atoms with E-state index in [1.54, 1.807) is 6.20 Å². The van der Waals surface area contributed by atoms with Crippen LogP contribution >= 0.6 is 0 Å². The summed E-state index contributed by atoms with van der Waals surface area (Å²) in [5.41, 5.74) is 4.47. The van der Waals surface area contributed by atoms with Crippen molar-refractivity contribution in [2.75, 3.05) is 0 Å². The van der Waals surface area contributed by atoms with Gasteiger partial charge in [-0.05, 0) is 35.7 Å². The van der Waals surface area contributed by atoms with Crippen LogP contribution in [0.1, 0.15) is 22.3 Å². The summed E-state index contributed by atoms with van der Waals surface area (Å²) in [5.74, 6) is -0.900. The third-order valence-electron chi connectivity index (χ3n) is 5.65. The fourth-order valence-electron chi connectivity index (χ4n) is 3.88. The van der Waals surface area contributed by atoms with E-state index in [2.05, 4.69) is 20.6 Å². The molecule has 4 aromatic rings. The molecule has 2 aromatic heterocycles. The van der Waals surface area contributed by atoms with E-state index in [0.717, 1.165) is 33.3 Å². The molecule has 0 fully saturated rings. The van der Waals surface area contributed by atoms with Gasteiger partial charge < -0.3 is 20.7 Å². The third-order valence-corrected chi connectivity index (χ3v) is 5.65. The Morgan fingerprint density at radius 1 is 0.941 bits per heavy atom. The predicted octanol–water partition coefficient (Wildman–Crippen LogP) is 2.82. The van der Waals surface area contributed by atoms with Crippen molar-refractivity contribution < 1.29 is 14.7 Å². The van der Waals surface area contributed by atoms with E-state index < -0.39 is 18.1 Å². The molecule has 7 nitrogen and oxygen atoms in total. The standard InChI is InChI=1S/C27H28N4O3/c1-18-6-5-9-20(12-18)14-23(31-27(34)24(32)15-19-7-3-2-4-8-19)26(33)30-17-21-13-22-10-11-28-25(22)29-16-21/h2-13,16,23-24,32H,14-15,17H2,1H3,(H,28,29)(H,30,33)(H,31,34)/t23-,24?/m0/s1. The zero-order valence-corrected chi connectivity index (χ0v) is 19.0. The van der Waals surface area contributed by atoms with E-state index >= 15 is 0 Å². The average Bonchev–Trinajstić information content (AvgIpc) is 3.30. The molecule has 7 heteroatoms. The molecule has 0 bridgehead atoms. The Morgan fingerprint density at radius 3 is 2.53 bits per heavy atom. The molecule has 4 N–H and O–H groups in total. The van der Waals surface area contributed by atoms with Gasteiger partial charge in [-0.25, -0.2) is 4.98 Å². The number of aromatic nitrogens is 2. The normalized spacial score (nSPS) is 12.8. The number of rotatable bonds is 9. The van der Waals surface area contributed by atoms with Gasteiger partial charge in [-0.15, -0.1) is 0 Å². The van der Waals surface area contributed by atoms with Crippen LogP contribution in [-0.2, 0) is 29.0 Å². The van der Waals surface area contributed by atoms with Gasteiger partial charge in [-0.3, -0.25) is 9.59 Å². The Balaban J connectivity index is 1.44. The van der Waals surface area contributed by atoms with Gasteiger partial charge >= 0.3 is 0 Å². The number of nitrogens with one attached hydrogen (secondary N) is 3. The maximum absolute atomic E-state index is 13.1. The highest BCUT2D eigenvalue weighted by molar-refractivity contribution is 5.89. The lowest BCUT2D eigenvalue weighted by Gasteiger charge is -2.21. The summed E-state index contributed by atoms with van der Waals surface area (Å²) in [5, 5.41) is 17.0. The van der Waals surface area contributed by atoms with Gasteiger partial charge in [0, 0.05) is 37.2 Å². The highest BCUT2D eigenvalue weighted by Gasteiger charge is 2.25. The van der Waals surface area contributed by atoms with Crippen LogP contribution in [0.25, 0.3) is 11.0 Å². The van der Waals surface area contributed by atoms with E-state index in [1.807, 2.05) is 79.9 Å². The lowest BCUT2D eigenvalue weighted by molar-refractivity contribution is -0.134. The zero-order valence-electron chi connectivity index (χ0n) is 19.0. The number of fused-ring (bicyclic) bond motifs is 1. The average molecular weight is 457 g/mol. The highest BCUT2D eigenvalue weighted by atomic mass is 16.3. The fourth-order valence-corrected chi connectivity index (χ4v) is 3.88. The van der Waals surface area contributed by atoms with E-state index in [4.69, 9.17) is 0 Å². The number of aryl methyl sites for hydroxylation is 1. The summed E-state index contributed by atoms with van der Waals surface area (Å²) in [6, 6.07) is 20.1. The van der Waals surface area contributed by atoms with Crippen LogP contribution in [0.5, 0.6) is 0 Å². The van der Waals surface area contributed by atoms with E-state index in [0.29, 0.717) is 6.42 Å². The van der Waals surface area contributed by atoms with Gasteiger partial charge in [-0.1, -0.05) is 60.2 Å². The van der Waals surface area contributed by atoms with Crippen LogP contribution < -0.4 is 10.6 Å². The van der Waals surface area contributed by atoms with Crippen LogP contribution in [-0.4, -0.2) is 39.0 Å². The quantitative estimate of drug-likeness (QED) is 0.311. The Hall–Kier alpha value is -3.97. The Bertz CT molecular complexity index is 1270. The summed E-state index contributed by atoms with van der Waals surface area (Å²) in [6.45, 7) is 2.25. The molecule has 0 aliphatic carbocycles. The first-order valence-corrected chi connectivity index (χ1v) is 11.3. The monoisotopic (exact) mass is 456 g/mol. The van der Waals surface area contributed by atoms with Crippen LogP contribution in [0, 0.1) is 6.92 Å². The molecular weight excluding hydrogens is 428 g/mol. The van der Waals surface area contributed by atoms with E-state index in [9.17, 15) is 14.7 Å². The largest absolute Gasteiger partial charge is 0.383 e. The Morgan fingerprint density at radius 2 is 1.74 bits per heavy atom. The van der Waals surface area contributed by atoms with E-state index in [-0.39, 0.29) is 18.9 Å². The number of H-pyrrole nitrogens is 1. The highest BCUT2D eigenvalue weighted by Crippen LogP contribution is 2.12. The molecule has 34 heavy (non-hydrogen) atoms. The fraction of sp³-hybridized carbons (Fsp3) is 0.222. The van der Waals surface area contributed by atoms with Crippen molar-refractivity contribution in [3.05, 3.63) is 101 Å². The molecule has 0 aliphatic rings. The van der Waals surface area contributed by atoms with Crippen molar-refractivity contribution in [2.45, 2.75) is 38.5 Å². The van der Waals surface area contributed by atoms with Gasteiger partial charge in [0.2, 0.25) is 11.8 Å². The van der Waals surface area contributed by atoms with Crippen molar-refractivity contribution in [1.82, 2.24) is 20.6 Å². The number of nitrogens with zero attached hydrogens (tertiary/aromatic N) is 1. The SMILES string of the molecule is Cc1cccc(C[C@H](NC(=O)C(O)Cc2ccccc2)C(=O)NCc2cnc3[nH]ccc3c2)c1. The number of pyridine rings is 1. The summed E-state index contributed by atoms with van der Waals surface area (Å²) in [4.78, 5) is 33.2. The number of hydrogen-bond acceptors (Lipinski definition) is 4. The predicted molar refractivity (Wildman–Crippen MR) is 131 cm³/mol. The minimum Gasteiger partial charge on any atom is -0.383 e. The van der Waals surface area contributed by atoms with Gasteiger partial charge in [0.1, 0.15) is 17.8 Å². The summed E-state index contributed by atoms with van der Waals surface area (Å²) >= 11 is 0. The topological polar surface area (TPSA) is 107 Å². The molecule has 4 rings (SSSR count). The number of aliphatic hydroxyl groups excluding tert-OH is 1. The van der Waals surface area contributed by atoms with Crippen LogP contribution in [0.2, 0.25) is 0 Å². The number of amides is 2. The number of carbonyl (C=O) groups excluding carboxylic acids is 2. The molecule has 2 amide bonds. The summed E-state index contributed by atoms with van der Waals surface area (Å²) in [7, 11) is 0. The molecule has 0 saturated carbocycles. The second kappa shape index (κ2) is 10.8. The first-order valence-electron chi connectivity index (χ1n) is 11.3. The lowest BCUT2D eigenvalue weighted by Crippen LogP contribution is -2.51. The maximum atomic E-state index is 13.1. The molecule has 0 spiro atoms. The second-order valence-corrected chi connectivity index (χ2v) is 8.44. The Kier molecular flexibility index (Phi) is 7.34. The molecule has 0 aliphatic heterocycles. The van der Waals surface area contributed by atoms with Gasteiger partial charge in [-0.2, -0.15) is 0 Å². The smallest absolute Gasteiger partial charge is 0.249 e. The van der Waals surface area contributed by atoms with Gasteiger partial charge in [0.25, 0.3) is 0 Å². The molecule has 2 atom stereocenters. The van der Waals surface area contributed by atoms with Crippen molar-refractivity contribution in [3.8, 4) is 0 Å². The maximum Gasteiger partial charge on any atom is 0.249 e. The molecule has 2 aromatic carbocycles. The van der Waals surface area contributed by atoms with Crippen molar-refractivity contribution in [3.63, 3.8) is 0 Å². The molecule has 0 saturated heterocycles. The molecular formula is C27H28N4O3. The van der Waals surface area contributed by atoms with Crippen LogP contribution in [0.3, 0.4) is 0 Å². The number of aromatic amines is 1. The summed E-state index contributed by atoms with van der Waals surface area (Å²) < 4.78 is 0. The van der Waals surface area contributed by atoms with Crippen molar-refractivity contribution >= 4 is 22.8 Å². The van der Waals surface area contributed by atoms with E-state index in [1.165, 1.54) is 0 Å². The minimum absolute atomic E-state index is 0.174. The number of aliphatic hydroxyl groups is 1. The molecule has 0 radical (unpaired) electrons. The van der Waals surface area contributed by atoms with Gasteiger partial charge in [0.05, 0.1) is 0 Å². The van der Waals surface area contributed by atoms with Gasteiger partial charge in [0.15, 0.2) is 0 Å². The molecule has 1 unspecified atom stereocenters. The molecule has 2 heterocycles. The first-order chi connectivity index (χ1) is 16.5. The van der Waals surface area contributed by atoms with Crippen LogP contribution in [0.4, 0.5) is 0 Å². The first kappa shape index (κ1) is 23.2. The second-order valence-electron chi connectivity index (χ2n) is 8.44. The Labute approximate surface area is 198 Å². The minimum atomic E-state index is -1.25. The summed E-state index contributed by atoms with van der Waals surface area (Å²) in [6.07, 6.45) is 2.75. The van der Waals surface area contributed by atoms with Crippen LogP contribution in [0.15, 0.2) is 79.1 Å². The number of benzene rings is 2.